The van der Waals surface area contributed by atoms with Crippen LogP contribution in [0.1, 0.15) is 17.2 Å². The van der Waals surface area contributed by atoms with Gasteiger partial charge in [0.1, 0.15) is 5.75 Å². The molecule has 0 aliphatic heterocycles. The molecule has 0 aliphatic rings. The van der Waals surface area contributed by atoms with Crippen LogP contribution >= 0.6 is 0 Å². The lowest BCUT2D eigenvalue weighted by Crippen LogP contribution is -2.11. The van der Waals surface area contributed by atoms with Crippen molar-refractivity contribution < 1.29 is 4.74 Å². The molecule has 1 heterocycles. The molecule has 0 fully saturated rings. The van der Waals surface area contributed by atoms with Crippen molar-refractivity contribution in [2.75, 3.05) is 0 Å². The van der Waals surface area contributed by atoms with Gasteiger partial charge in [-0.15, -0.1) is 0 Å². The lowest BCUT2D eigenvalue weighted by Gasteiger charge is -2.12. The SMILES string of the molecule is N[C@@H](c1ccccc1)c1ccc(Oc2ccccc2)nc1. The molecule has 0 bridgehead atoms. The van der Waals surface area contributed by atoms with Gasteiger partial charge in [-0.2, -0.15) is 0 Å². The van der Waals surface area contributed by atoms with E-state index in [9.17, 15) is 0 Å². The third kappa shape index (κ3) is 3.27. The minimum atomic E-state index is -0.176. The van der Waals surface area contributed by atoms with E-state index in [2.05, 4.69) is 4.98 Å². The predicted octanol–water partition coefficient (Wildman–Crippen LogP) is 3.92. The van der Waals surface area contributed by atoms with Gasteiger partial charge in [0.25, 0.3) is 0 Å². The number of pyridine rings is 1. The van der Waals surface area contributed by atoms with Crippen LogP contribution in [0.25, 0.3) is 0 Å². The summed E-state index contributed by atoms with van der Waals surface area (Å²) in [5, 5.41) is 0. The Bertz CT molecular complexity index is 681. The molecule has 3 nitrogen and oxygen atoms in total. The molecule has 3 heteroatoms. The van der Waals surface area contributed by atoms with Crippen LogP contribution in [-0.2, 0) is 0 Å². The monoisotopic (exact) mass is 276 g/mol. The summed E-state index contributed by atoms with van der Waals surface area (Å²) in [4.78, 5) is 4.32. The molecule has 0 unspecified atom stereocenters. The summed E-state index contributed by atoms with van der Waals surface area (Å²) in [6.07, 6.45) is 1.76. The van der Waals surface area contributed by atoms with E-state index in [-0.39, 0.29) is 6.04 Å². The second-order valence-electron chi connectivity index (χ2n) is 4.73. The van der Waals surface area contributed by atoms with Crippen LogP contribution in [0.4, 0.5) is 0 Å². The Balaban J connectivity index is 1.75. The van der Waals surface area contributed by atoms with Crippen molar-refractivity contribution >= 4 is 0 Å². The van der Waals surface area contributed by atoms with E-state index in [1.807, 2.05) is 72.8 Å². The second kappa shape index (κ2) is 6.20. The zero-order valence-electron chi connectivity index (χ0n) is 11.5. The van der Waals surface area contributed by atoms with Crippen LogP contribution in [0, 0.1) is 0 Å². The summed E-state index contributed by atoms with van der Waals surface area (Å²) < 4.78 is 5.67. The number of aromatic nitrogens is 1. The summed E-state index contributed by atoms with van der Waals surface area (Å²) in [5.74, 6) is 1.33. The van der Waals surface area contributed by atoms with Gasteiger partial charge in [-0.1, -0.05) is 54.6 Å². The molecule has 0 aliphatic carbocycles. The van der Waals surface area contributed by atoms with Crippen LogP contribution < -0.4 is 10.5 Å². The fourth-order valence-electron chi connectivity index (χ4n) is 2.10. The highest BCUT2D eigenvalue weighted by Gasteiger charge is 2.09. The van der Waals surface area contributed by atoms with Gasteiger partial charge in [-0.3, -0.25) is 0 Å². The topological polar surface area (TPSA) is 48.1 Å². The predicted molar refractivity (Wildman–Crippen MR) is 83.2 cm³/mol. The molecule has 0 amide bonds. The van der Waals surface area contributed by atoms with Crippen molar-refractivity contribution in [3.63, 3.8) is 0 Å². The first kappa shape index (κ1) is 13.3. The largest absolute Gasteiger partial charge is 0.439 e. The van der Waals surface area contributed by atoms with Gasteiger partial charge in [0.2, 0.25) is 5.88 Å². The lowest BCUT2D eigenvalue weighted by molar-refractivity contribution is 0.462. The number of hydrogen-bond donors (Lipinski definition) is 1. The molecular formula is C18H16N2O. The Labute approximate surface area is 124 Å². The number of ether oxygens (including phenoxy) is 1. The first-order valence-electron chi connectivity index (χ1n) is 6.82. The summed E-state index contributed by atoms with van der Waals surface area (Å²) in [6.45, 7) is 0. The fourth-order valence-corrected chi connectivity index (χ4v) is 2.10. The first-order valence-corrected chi connectivity index (χ1v) is 6.82. The smallest absolute Gasteiger partial charge is 0.219 e. The molecule has 21 heavy (non-hydrogen) atoms. The number of nitrogens with zero attached hydrogens (tertiary/aromatic N) is 1. The van der Waals surface area contributed by atoms with E-state index in [1.54, 1.807) is 6.20 Å². The summed E-state index contributed by atoms with van der Waals surface area (Å²) >= 11 is 0. The highest BCUT2D eigenvalue weighted by Crippen LogP contribution is 2.22. The molecular weight excluding hydrogens is 260 g/mol. The van der Waals surface area contributed by atoms with Gasteiger partial charge < -0.3 is 10.5 Å². The van der Waals surface area contributed by atoms with E-state index >= 15 is 0 Å². The molecule has 0 radical (unpaired) electrons. The van der Waals surface area contributed by atoms with E-state index in [0.717, 1.165) is 16.9 Å². The minimum Gasteiger partial charge on any atom is -0.439 e. The highest BCUT2D eigenvalue weighted by molar-refractivity contribution is 5.32. The van der Waals surface area contributed by atoms with Crippen LogP contribution in [0.5, 0.6) is 11.6 Å². The first-order chi connectivity index (χ1) is 10.3. The van der Waals surface area contributed by atoms with E-state index < -0.39 is 0 Å². The van der Waals surface area contributed by atoms with Gasteiger partial charge in [0.15, 0.2) is 0 Å². The van der Waals surface area contributed by atoms with Crippen molar-refractivity contribution in [1.29, 1.82) is 0 Å². The second-order valence-corrected chi connectivity index (χ2v) is 4.73. The Hall–Kier alpha value is -2.65. The summed E-state index contributed by atoms with van der Waals surface area (Å²) in [5.41, 5.74) is 8.26. The minimum absolute atomic E-state index is 0.176. The Kier molecular flexibility index (Phi) is 3.94. The number of hydrogen-bond acceptors (Lipinski definition) is 3. The third-order valence-corrected chi connectivity index (χ3v) is 3.24. The molecule has 2 aromatic carbocycles. The average molecular weight is 276 g/mol. The summed E-state index contributed by atoms with van der Waals surface area (Å²) in [7, 11) is 0. The van der Waals surface area contributed by atoms with Gasteiger partial charge in [0, 0.05) is 12.3 Å². The molecule has 2 N–H and O–H groups in total. The van der Waals surface area contributed by atoms with Crippen LogP contribution in [0.3, 0.4) is 0 Å². The standard InChI is InChI=1S/C18H16N2O/c19-18(14-7-3-1-4-8-14)15-11-12-17(20-13-15)21-16-9-5-2-6-10-16/h1-13,18H,19H2/t18-/m0/s1. The molecule has 0 spiro atoms. The zero-order valence-corrected chi connectivity index (χ0v) is 11.5. The van der Waals surface area contributed by atoms with Crippen LogP contribution in [0.2, 0.25) is 0 Å². The van der Waals surface area contributed by atoms with Gasteiger partial charge in [-0.05, 0) is 23.3 Å². The lowest BCUT2D eigenvalue weighted by atomic mass is 10.0. The van der Waals surface area contributed by atoms with Crippen molar-refractivity contribution in [3.05, 3.63) is 90.1 Å². The maximum absolute atomic E-state index is 6.24. The quantitative estimate of drug-likeness (QED) is 0.785. The Morgan fingerprint density at radius 3 is 2.05 bits per heavy atom. The van der Waals surface area contributed by atoms with Gasteiger partial charge in [0.05, 0.1) is 6.04 Å². The molecule has 3 rings (SSSR count). The molecule has 0 saturated heterocycles. The van der Waals surface area contributed by atoms with Crippen LogP contribution in [0.15, 0.2) is 79.0 Å². The van der Waals surface area contributed by atoms with E-state index in [1.165, 1.54) is 0 Å². The highest BCUT2D eigenvalue weighted by atomic mass is 16.5. The molecule has 104 valence electrons. The number of benzene rings is 2. The molecule has 1 aromatic heterocycles. The number of para-hydroxylation sites is 1. The van der Waals surface area contributed by atoms with Gasteiger partial charge >= 0.3 is 0 Å². The van der Waals surface area contributed by atoms with Crippen molar-refractivity contribution in [1.82, 2.24) is 4.98 Å². The molecule has 3 aromatic rings. The summed E-state index contributed by atoms with van der Waals surface area (Å²) in [6, 6.07) is 23.2. The normalized spacial score (nSPS) is 11.9. The maximum atomic E-state index is 6.24. The van der Waals surface area contributed by atoms with Gasteiger partial charge in [-0.25, -0.2) is 4.98 Å². The Morgan fingerprint density at radius 1 is 0.762 bits per heavy atom. The van der Waals surface area contributed by atoms with Crippen molar-refractivity contribution in [2.24, 2.45) is 5.73 Å². The van der Waals surface area contributed by atoms with Crippen molar-refractivity contribution in [3.8, 4) is 11.6 Å². The van der Waals surface area contributed by atoms with E-state index in [0.29, 0.717) is 5.88 Å². The van der Waals surface area contributed by atoms with Crippen molar-refractivity contribution in [2.45, 2.75) is 6.04 Å². The number of nitrogens with two attached hydrogens (primary N) is 1. The molecule has 1 atom stereocenters. The molecule has 0 saturated carbocycles. The number of rotatable bonds is 4. The fraction of sp³-hybridized carbons (Fsp3) is 0.0556. The average Bonchev–Trinajstić information content (AvgIpc) is 2.57. The van der Waals surface area contributed by atoms with E-state index in [4.69, 9.17) is 10.5 Å². The Morgan fingerprint density at radius 2 is 1.43 bits per heavy atom. The van der Waals surface area contributed by atoms with Crippen LogP contribution in [-0.4, -0.2) is 4.98 Å². The maximum Gasteiger partial charge on any atom is 0.219 e. The zero-order chi connectivity index (χ0) is 14.5. The third-order valence-electron chi connectivity index (χ3n) is 3.24.